The molecule has 0 aliphatic carbocycles. The third-order valence-corrected chi connectivity index (χ3v) is 6.97. The molecule has 146 valence electrons. The molecular weight excluding hydrogens is 342 g/mol. The molecule has 2 amide bonds. The summed E-state index contributed by atoms with van der Waals surface area (Å²) in [6.45, 7) is 8.14. The number of pyridine rings is 1. The first-order valence-electron chi connectivity index (χ1n) is 10.0. The van der Waals surface area contributed by atoms with E-state index < -0.39 is 0 Å². The molecule has 0 unspecified atom stereocenters. The van der Waals surface area contributed by atoms with Gasteiger partial charge in [0.2, 0.25) is 5.91 Å². The summed E-state index contributed by atoms with van der Waals surface area (Å²) in [6.07, 6.45) is 6.32. The lowest BCUT2D eigenvalue weighted by atomic mass is 9.73. The molecule has 4 heterocycles. The molecule has 6 heteroatoms. The Kier molecular flexibility index (Phi) is 4.49. The van der Waals surface area contributed by atoms with Crippen LogP contribution in [0.2, 0.25) is 0 Å². The van der Waals surface area contributed by atoms with Gasteiger partial charge in [-0.25, -0.2) is 0 Å². The summed E-state index contributed by atoms with van der Waals surface area (Å²) < 4.78 is 6.41. The fourth-order valence-electron chi connectivity index (χ4n) is 5.01. The van der Waals surface area contributed by atoms with Crippen molar-refractivity contribution in [1.82, 2.24) is 15.2 Å². The Balaban J connectivity index is 1.44. The van der Waals surface area contributed by atoms with Gasteiger partial charge in [0.1, 0.15) is 0 Å². The van der Waals surface area contributed by atoms with Gasteiger partial charge in [0, 0.05) is 48.3 Å². The zero-order valence-corrected chi connectivity index (χ0v) is 16.4. The van der Waals surface area contributed by atoms with E-state index in [2.05, 4.69) is 17.2 Å². The lowest BCUT2D eigenvalue weighted by Crippen LogP contribution is -2.42. The molecule has 3 saturated heterocycles. The number of hydrogen-bond donors (Lipinski definition) is 1. The summed E-state index contributed by atoms with van der Waals surface area (Å²) in [5, 5.41) is 3.07. The van der Waals surface area contributed by atoms with Crippen LogP contribution in [0, 0.1) is 17.3 Å². The lowest BCUT2D eigenvalue weighted by molar-refractivity contribution is -0.141. The lowest BCUT2D eigenvalue weighted by Gasteiger charge is -2.30. The molecule has 0 saturated carbocycles. The van der Waals surface area contributed by atoms with Gasteiger partial charge in [0.25, 0.3) is 5.91 Å². The third-order valence-electron chi connectivity index (χ3n) is 6.97. The smallest absolute Gasteiger partial charge is 0.251 e. The SMILES string of the molecule is CCC(C)(C)C(=O)N1C[C@@H]2[C@H](CNC(=O)c3ccncc3)[C@H]3CC[C@]2(C1)O3. The Morgan fingerprint density at radius 1 is 1.37 bits per heavy atom. The van der Waals surface area contributed by atoms with Crippen molar-refractivity contribution in [2.75, 3.05) is 19.6 Å². The molecule has 3 fully saturated rings. The van der Waals surface area contributed by atoms with Crippen molar-refractivity contribution in [2.45, 2.75) is 51.7 Å². The minimum atomic E-state index is -0.335. The maximum Gasteiger partial charge on any atom is 0.251 e. The van der Waals surface area contributed by atoms with Gasteiger partial charge >= 0.3 is 0 Å². The zero-order valence-electron chi connectivity index (χ0n) is 16.4. The van der Waals surface area contributed by atoms with Crippen LogP contribution < -0.4 is 5.32 Å². The number of aromatic nitrogens is 1. The Morgan fingerprint density at radius 2 is 2.11 bits per heavy atom. The van der Waals surface area contributed by atoms with Crippen LogP contribution in [-0.2, 0) is 9.53 Å². The van der Waals surface area contributed by atoms with Crippen LogP contribution in [0.25, 0.3) is 0 Å². The van der Waals surface area contributed by atoms with Crippen LogP contribution in [-0.4, -0.2) is 53.0 Å². The van der Waals surface area contributed by atoms with Crippen LogP contribution >= 0.6 is 0 Å². The van der Waals surface area contributed by atoms with Crippen molar-refractivity contribution in [3.05, 3.63) is 30.1 Å². The molecule has 4 atom stereocenters. The number of likely N-dealkylation sites (tertiary alicyclic amines) is 1. The van der Waals surface area contributed by atoms with E-state index in [0.717, 1.165) is 25.8 Å². The predicted molar refractivity (Wildman–Crippen MR) is 101 cm³/mol. The van der Waals surface area contributed by atoms with Crippen molar-refractivity contribution in [3.8, 4) is 0 Å². The molecule has 6 nitrogen and oxygen atoms in total. The quantitative estimate of drug-likeness (QED) is 0.862. The van der Waals surface area contributed by atoms with E-state index in [4.69, 9.17) is 4.74 Å². The molecular formula is C21H29N3O3. The number of fused-ring (bicyclic) bond motifs is 1. The number of carbonyl (C=O) groups excluding carboxylic acids is 2. The van der Waals surface area contributed by atoms with Gasteiger partial charge in [-0.3, -0.25) is 14.6 Å². The van der Waals surface area contributed by atoms with Gasteiger partial charge in [-0.05, 0) is 31.4 Å². The summed E-state index contributed by atoms with van der Waals surface area (Å²) >= 11 is 0. The highest BCUT2D eigenvalue weighted by molar-refractivity contribution is 5.93. The minimum absolute atomic E-state index is 0.0766. The summed E-state index contributed by atoms with van der Waals surface area (Å²) in [5.74, 6) is 0.727. The van der Waals surface area contributed by atoms with Crippen LogP contribution in [0.1, 0.15) is 50.4 Å². The number of carbonyl (C=O) groups is 2. The maximum absolute atomic E-state index is 13.0. The van der Waals surface area contributed by atoms with E-state index >= 15 is 0 Å². The number of nitrogens with one attached hydrogen (secondary N) is 1. The largest absolute Gasteiger partial charge is 0.369 e. The molecule has 1 aromatic heterocycles. The van der Waals surface area contributed by atoms with E-state index in [9.17, 15) is 9.59 Å². The van der Waals surface area contributed by atoms with Crippen molar-refractivity contribution >= 4 is 11.8 Å². The Morgan fingerprint density at radius 3 is 2.81 bits per heavy atom. The number of ether oxygens (including phenoxy) is 1. The van der Waals surface area contributed by atoms with E-state index in [1.807, 2.05) is 18.7 Å². The van der Waals surface area contributed by atoms with E-state index in [-0.39, 0.29) is 34.9 Å². The molecule has 4 rings (SSSR count). The van der Waals surface area contributed by atoms with Crippen molar-refractivity contribution in [1.29, 1.82) is 0 Å². The fraction of sp³-hybridized carbons (Fsp3) is 0.667. The van der Waals surface area contributed by atoms with Crippen LogP contribution in [0.3, 0.4) is 0 Å². The topological polar surface area (TPSA) is 71.5 Å². The number of amides is 2. The number of hydrogen-bond acceptors (Lipinski definition) is 4. The molecule has 0 aromatic carbocycles. The monoisotopic (exact) mass is 371 g/mol. The van der Waals surface area contributed by atoms with Gasteiger partial charge < -0.3 is 15.0 Å². The Hall–Kier alpha value is -1.95. The molecule has 3 aliphatic heterocycles. The molecule has 3 aliphatic rings. The summed E-state index contributed by atoms with van der Waals surface area (Å²) in [6, 6.07) is 3.44. The maximum atomic E-state index is 13.0. The van der Waals surface area contributed by atoms with Gasteiger partial charge in [0.15, 0.2) is 0 Å². The first kappa shape index (κ1) is 18.4. The second kappa shape index (κ2) is 6.59. The molecule has 0 radical (unpaired) electrons. The number of nitrogens with zero attached hydrogens (tertiary/aromatic N) is 2. The van der Waals surface area contributed by atoms with Gasteiger partial charge in [0.05, 0.1) is 18.2 Å². The molecule has 27 heavy (non-hydrogen) atoms. The number of rotatable bonds is 5. The Labute approximate surface area is 160 Å². The van der Waals surface area contributed by atoms with Crippen LogP contribution in [0.15, 0.2) is 24.5 Å². The van der Waals surface area contributed by atoms with Gasteiger partial charge in [-0.15, -0.1) is 0 Å². The van der Waals surface area contributed by atoms with Crippen molar-refractivity contribution in [2.24, 2.45) is 17.3 Å². The minimum Gasteiger partial charge on any atom is -0.369 e. The van der Waals surface area contributed by atoms with Crippen molar-refractivity contribution in [3.63, 3.8) is 0 Å². The first-order valence-corrected chi connectivity index (χ1v) is 10.0. The standard InChI is InChI=1S/C21H29N3O3/c1-4-20(2,3)19(26)24-12-16-15(17-5-8-21(16,13-24)27-17)11-23-18(25)14-6-9-22-10-7-14/h6-7,9-10,15-17H,4-5,8,11-13H2,1-3H3,(H,23,25)/t15-,16+,17+,21+/m0/s1. The highest BCUT2D eigenvalue weighted by Gasteiger charge is 2.63. The van der Waals surface area contributed by atoms with Gasteiger partial charge in [-0.2, -0.15) is 0 Å². The first-order chi connectivity index (χ1) is 12.9. The second-order valence-corrected chi connectivity index (χ2v) is 8.90. The highest BCUT2D eigenvalue weighted by Crippen LogP contribution is 2.55. The van der Waals surface area contributed by atoms with E-state index in [0.29, 0.717) is 24.6 Å². The van der Waals surface area contributed by atoms with Gasteiger partial charge in [-0.1, -0.05) is 20.8 Å². The van der Waals surface area contributed by atoms with E-state index in [1.54, 1.807) is 24.5 Å². The third kappa shape index (κ3) is 3.04. The summed E-state index contributed by atoms with van der Waals surface area (Å²) in [7, 11) is 0. The van der Waals surface area contributed by atoms with Crippen LogP contribution in [0.5, 0.6) is 0 Å². The average Bonchev–Trinajstić information content (AvgIpc) is 3.34. The second-order valence-electron chi connectivity index (χ2n) is 8.90. The summed E-state index contributed by atoms with van der Waals surface area (Å²) in [5.41, 5.74) is 0.0888. The molecule has 1 N–H and O–H groups in total. The summed E-state index contributed by atoms with van der Waals surface area (Å²) in [4.78, 5) is 31.3. The molecule has 1 aromatic rings. The fourth-order valence-corrected chi connectivity index (χ4v) is 5.01. The average molecular weight is 371 g/mol. The van der Waals surface area contributed by atoms with Crippen molar-refractivity contribution < 1.29 is 14.3 Å². The highest BCUT2D eigenvalue weighted by atomic mass is 16.5. The zero-order chi connectivity index (χ0) is 19.2. The predicted octanol–water partition coefficient (Wildman–Crippen LogP) is 2.25. The molecule has 1 spiro atoms. The normalized spacial score (nSPS) is 31.8. The van der Waals surface area contributed by atoms with E-state index in [1.165, 1.54) is 0 Å². The molecule has 2 bridgehead atoms. The Bertz CT molecular complexity index is 735. The van der Waals surface area contributed by atoms with Crippen LogP contribution in [0.4, 0.5) is 0 Å².